The Balaban J connectivity index is 2.42. The number of nitrogens with two attached hydrogens (primary N) is 1. The van der Waals surface area contributed by atoms with Crippen molar-refractivity contribution in [3.05, 3.63) is 0 Å². The molecule has 1 amide bonds. The van der Waals surface area contributed by atoms with Crippen molar-refractivity contribution in [2.75, 3.05) is 13.2 Å². The second-order valence-electron chi connectivity index (χ2n) is 5.04. The van der Waals surface area contributed by atoms with Crippen LogP contribution < -0.4 is 11.1 Å². The summed E-state index contributed by atoms with van der Waals surface area (Å²) in [5.74, 6) is 0.517. The van der Waals surface area contributed by atoms with Crippen LogP contribution in [0.25, 0.3) is 0 Å². The lowest BCUT2D eigenvalue weighted by Gasteiger charge is -2.21. The smallest absolute Gasteiger partial charge is 0.224 e. The molecule has 0 saturated carbocycles. The van der Waals surface area contributed by atoms with Gasteiger partial charge in [0.15, 0.2) is 0 Å². The molecule has 1 fully saturated rings. The minimum atomic E-state index is -0.0622. The van der Waals surface area contributed by atoms with Gasteiger partial charge in [-0.25, -0.2) is 0 Å². The maximum absolute atomic E-state index is 12.0. The Hall–Kier alpha value is -0.610. The minimum Gasteiger partial charge on any atom is -0.376 e. The molecule has 94 valence electrons. The first-order chi connectivity index (χ1) is 7.54. The van der Waals surface area contributed by atoms with E-state index in [0.717, 1.165) is 19.4 Å². The molecule has 0 aliphatic carbocycles. The molecule has 1 saturated heterocycles. The second kappa shape index (κ2) is 6.21. The van der Waals surface area contributed by atoms with Crippen LogP contribution in [0.2, 0.25) is 0 Å². The molecule has 0 bridgehead atoms. The summed E-state index contributed by atoms with van der Waals surface area (Å²) in [5.41, 5.74) is 5.64. The Morgan fingerprint density at radius 1 is 1.56 bits per heavy atom. The van der Waals surface area contributed by atoms with Gasteiger partial charge in [-0.1, -0.05) is 13.8 Å². The van der Waals surface area contributed by atoms with Gasteiger partial charge in [0.25, 0.3) is 0 Å². The van der Waals surface area contributed by atoms with Crippen molar-refractivity contribution < 1.29 is 9.53 Å². The van der Waals surface area contributed by atoms with Crippen LogP contribution in [0.1, 0.15) is 33.6 Å². The highest BCUT2D eigenvalue weighted by atomic mass is 16.5. The van der Waals surface area contributed by atoms with Crippen LogP contribution in [-0.2, 0) is 9.53 Å². The monoisotopic (exact) mass is 228 g/mol. The Bertz CT molecular complexity index is 231. The summed E-state index contributed by atoms with van der Waals surface area (Å²) in [7, 11) is 0. The molecule has 1 heterocycles. The predicted octanol–water partition coefficient (Wildman–Crippen LogP) is 0.901. The van der Waals surface area contributed by atoms with Gasteiger partial charge >= 0.3 is 0 Å². The molecule has 3 N–H and O–H groups in total. The first-order valence-corrected chi connectivity index (χ1v) is 6.16. The highest BCUT2D eigenvalue weighted by Crippen LogP contribution is 2.15. The van der Waals surface area contributed by atoms with E-state index in [4.69, 9.17) is 10.5 Å². The molecule has 4 heteroatoms. The van der Waals surface area contributed by atoms with Crippen LogP contribution in [0.5, 0.6) is 0 Å². The number of nitrogens with one attached hydrogen (secondary N) is 1. The zero-order chi connectivity index (χ0) is 12.1. The lowest BCUT2D eigenvalue weighted by Crippen LogP contribution is -2.44. The second-order valence-corrected chi connectivity index (χ2v) is 5.04. The van der Waals surface area contributed by atoms with Gasteiger partial charge in [-0.3, -0.25) is 4.79 Å². The molecule has 0 aromatic carbocycles. The van der Waals surface area contributed by atoms with Gasteiger partial charge in [-0.05, 0) is 25.7 Å². The van der Waals surface area contributed by atoms with E-state index in [1.807, 2.05) is 6.92 Å². The van der Waals surface area contributed by atoms with Crippen LogP contribution in [0.15, 0.2) is 0 Å². The molecule has 1 aliphatic rings. The molecule has 0 aromatic rings. The zero-order valence-corrected chi connectivity index (χ0v) is 10.5. The molecule has 1 aliphatic heterocycles. The summed E-state index contributed by atoms with van der Waals surface area (Å²) < 4.78 is 5.41. The molecule has 0 spiro atoms. The molecule has 3 unspecified atom stereocenters. The highest BCUT2D eigenvalue weighted by molar-refractivity contribution is 5.79. The summed E-state index contributed by atoms with van der Waals surface area (Å²) in [5, 5.41) is 3.04. The van der Waals surface area contributed by atoms with E-state index in [-0.39, 0.29) is 24.0 Å². The van der Waals surface area contributed by atoms with E-state index in [0.29, 0.717) is 12.5 Å². The van der Waals surface area contributed by atoms with Crippen molar-refractivity contribution in [2.45, 2.75) is 45.8 Å². The zero-order valence-electron chi connectivity index (χ0n) is 10.5. The largest absolute Gasteiger partial charge is 0.376 e. The molecule has 16 heavy (non-hydrogen) atoms. The molecular weight excluding hydrogens is 204 g/mol. The van der Waals surface area contributed by atoms with Crippen LogP contribution in [0.4, 0.5) is 0 Å². The number of amides is 1. The lowest BCUT2D eigenvalue weighted by molar-refractivity contribution is -0.126. The van der Waals surface area contributed by atoms with Crippen LogP contribution in [-0.4, -0.2) is 31.2 Å². The van der Waals surface area contributed by atoms with Gasteiger partial charge < -0.3 is 15.8 Å². The van der Waals surface area contributed by atoms with E-state index < -0.39 is 0 Å². The predicted molar refractivity (Wildman–Crippen MR) is 64.0 cm³/mol. The summed E-state index contributed by atoms with van der Waals surface area (Å²) >= 11 is 0. The SMILES string of the molecule is CC(C)CC(CN)C(=O)NC1CCOC1C. The van der Waals surface area contributed by atoms with Gasteiger partial charge in [0, 0.05) is 13.2 Å². The average molecular weight is 228 g/mol. The Kier molecular flexibility index (Phi) is 5.22. The standard InChI is InChI=1S/C12H24N2O2/c1-8(2)6-10(7-13)12(15)14-11-4-5-16-9(11)3/h8-11H,4-7,13H2,1-3H3,(H,14,15). The van der Waals surface area contributed by atoms with Crippen molar-refractivity contribution in [1.29, 1.82) is 0 Å². The van der Waals surface area contributed by atoms with Gasteiger partial charge in [0.1, 0.15) is 0 Å². The highest BCUT2D eigenvalue weighted by Gasteiger charge is 2.28. The first-order valence-electron chi connectivity index (χ1n) is 6.16. The fourth-order valence-corrected chi connectivity index (χ4v) is 2.10. The third-order valence-electron chi connectivity index (χ3n) is 3.12. The number of hydrogen-bond acceptors (Lipinski definition) is 3. The number of rotatable bonds is 5. The van der Waals surface area contributed by atoms with Crippen molar-refractivity contribution in [3.63, 3.8) is 0 Å². The molecule has 0 aromatic heterocycles. The summed E-state index contributed by atoms with van der Waals surface area (Å²) in [6.07, 6.45) is 1.89. The Morgan fingerprint density at radius 2 is 2.25 bits per heavy atom. The van der Waals surface area contributed by atoms with Crippen LogP contribution in [0, 0.1) is 11.8 Å². The van der Waals surface area contributed by atoms with Gasteiger partial charge in [0.05, 0.1) is 18.1 Å². The normalized spacial score (nSPS) is 27.1. The van der Waals surface area contributed by atoms with Crippen LogP contribution >= 0.6 is 0 Å². The summed E-state index contributed by atoms with van der Waals surface area (Å²) in [4.78, 5) is 12.0. The number of carbonyl (C=O) groups is 1. The third-order valence-corrected chi connectivity index (χ3v) is 3.12. The van der Waals surface area contributed by atoms with E-state index in [1.165, 1.54) is 0 Å². The molecule has 4 nitrogen and oxygen atoms in total. The molecule has 3 atom stereocenters. The number of carbonyl (C=O) groups excluding carboxylic acids is 1. The number of ether oxygens (including phenoxy) is 1. The fraction of sp³-hybridized carbons (Fsp3) is 0.917. The van der Waals surface area contributed by atoms with E-state index >= 15 is 0 Å². The van der Waals surface area contributed by atoms with E-state index in [2.05, 4.69) is 19.2 Å². The van der Waals surface area contributed by atoms with Crippen molar-refractivity contribution >= 4 is 5.91 Å². The van der Waals surface area contributed by atoms with E-state index in [9.17, 15) is 4.79 Å². The van der Waals surface area contributed by atoms with Crippen molar-refractivity contribution in [3.8, 4) is 0 Å². The number of hydrogen-bond donors (Lipinski definition) is 2. The van der Waals surface area contributed by atoms with Gasteiger partial charge in [0.2, 0.25) is 5.91 Å². The quantitative estimate of drug-likeness (QED) is 0.735. The summed E-state index contributed by atoms with van der Waals surface area (Å²) in [6, 6.07) is 0.161. The van der Waals surface area contributed by atoms with Crippen LogP contribution in [0.3, 0.4) is 0 Å². The first kappa shape index (κ1) is 13.5. The Morgan fingerprint density at radius 3 is 2.69 bits per heavy atom. The summed E-state index contributed by atoms with van der Waals surface area (Å²) in [6.45, 7) is 7.38. The van der Waals surface area contributed by atoms with Gasteiger partial charge in [-0.2, -0.15) is 0 Å². The van der Waals surface area contributed by atoms with E-state index in [1.54, 1.807) is 0 Å². The maximum Gasteiger partial charge on any atom is 0.224 e. The fourth-order valence-electron chi connectivity index (χ4n) is 2.10. The van der Waals surface area contributed by atoms with Gasteiger partial charge in [-0.15, -0.1) is 0 Å². The third kappa shape index (κ3) is 3.76. The van der Waals surface area contributed by atoms with Crippen molar-refractivity contribution in [1.82, 2.24) is 5.32 Å². The molecule has 1 rings (SSSR count). The minimum absolute atomic E-state index is 0.0622. The lowest BCUT2D eigenvalue weighted by atomic mass is 9.96. The maximum atomic E-state index is 12.0. The molecular formula is C12H24N2O2. The topological polar surface area (TPSA) is 64.4 Å². The average Bonchev–Trinajstić information content (AvgIpc) is 2.60. The Labute approximate surface area is 97.9 Å². The van der Waals surface area contributed by atoms with Crippen molar-refractivity contribution in [2.24, 2.45) is 17.6 Å². The molecule has 0 radical (unpaired) electrons.